The highest BCUT2D eigenvalue weighted by atomic mass is 19.1. The number of alkyl halides is 1. The average molecular weight is 238 g/mol. The molecule has 2 rings (SSSR count). The van der Waals surface area contributed by atoms with Crippen LogP contribution in [0.2, 0.25) is 0 Å². The van der Waals surface area contributed by atoms with Crippen LogP contribution in [0, 0.1) is 0 Å². The molecule has 1 unspecified atom stereocenters. The summed E-state index contributed by atoms with van der Waals surface area (Å²) in [5.74, 6) is 0.726. The summed E-state index contributed by atoms with van der Waals surface area (Å²) in [7, 11) is 0. The summed E-state index contributed by atoms with van der Waals surface area (Å²) in [5, 5.41) is 0. The molecule has 1 aliphatic rings. The van der Waals surface area contributed by atoms with Crippen molar-refractivity contribution in [3.05, 3.63) is 23.8 Å². The molecule has 1 heterocycles. The highest BCUT2D eigenvalue weighted by molar-refractivity contribution is 5.60. The number of benzene rings is 1. The Morgan fingerprint density at radius 1 is 1.47 bits per heavy atom. The van der Waals surface area contributed by atoms with Crippen molar-refractivity contribution in [2.75, 3.05) is 31.3 Å². The predicted molar refractivity (Wildman–Crippen MR) is 67.5 cm³/mol. The van der Waals surface area contributed by atoms with Crippen LogP contribution < -0.4 is 15.4 Å². The smallest absolute Gasteiger partial charge is 0.123 e. The quantitative estimate of drug-likeness (QED) is 0.767. The summed E-state index contributed by atoms with van der Waals surface area (Å²) in [5.41, 5.74) is 8.26. The molecule has 0 aliphatic carbocycles. The van der Waals surface area contributed by atoms with E-state index >= 15 is 0 Å². The Morgan fingerprint density at radius 2 is 2.24 bits per heavy atom. The molecule has 0 amide bonds. The van der Waals surface area contributed by atoms with Gasteiger partial charge in [0.2, 0.25) is 0 Å². The fourth-order valence-corrected chi connectivity index (χ4v) is 1.92. The molecule has 94 valence electrons. The first-order valence-electron chi connectivity index (χ1n) is 6.03. The number of nitrogens with zero attached hydrogens (tertiary/aromatic N) is 1. The fourth-order valence-electron chi connectivity index (χ4n) is 1.92. The molecule has 3 nitrogen and oxygen atoms in total. The molecule has 1 saturated heterocycles. The number of ether oxygens (including phenoxy) is 1. The Morgan fingerprint density at radius 3 is 2.82 bits per heavy atom. The van der Waals surface area contributed by atoms with Crippen molar-refractivity contribution in [2.24, 2.45) is 5.73 Å². The maximum absolute atomic E-state index is 12.1. The third-order valence-corrected chi connectivity index (χ3v) is 2.73. The molecule has 0 saturated carbocycles. The van der Waals surface area contributed by atoms with E-state index in [1.54, 1.807) is 0 Å². The molecular weight excluding hydrogens is 219 g/mol. The van der Waals surface area contributed by atoms with Gasteiger partial charge in [-0.3, -0.25) is 0 Å². The molecule has 0 aromatic heterocycles. The first-order chi connectivity index (χ1) is 8.20. The van der Waals surface area contributed by atoms with Crippen LogP contribution in [0.5, 0.6) is 5.75 Å². The summed E-state index contributed by atoms with van der Waals surface area (Å²) in [6.07, 6.45) is 0.818. The lowest BCUT2D eigenvalue weighted by Gasteiger charge is -2.14. The van der Waals surface area contributed by atoms with E-state index in [0.717, 1.165) is 25.3 Å². The van der Waals surface area contributed by atoms with Gasteiger partial charge in [-0.15, -0.1) is 0 Å². The average Bonchev–Trinajstić information content (AvgIpc) is 3.09. The molecular formula is C13H19FN2O. The molecule has 1 aromatic rings. The fraction of sp³-hybridized carbons (Fsp3) is 0.538. The van der Waals surface area contributed by atoms with E-state index in [4.69, 9.17) is 10.5 Å². The van der Waals surface area contributed by atoms with Crippen LogP contribution in [0.1, 0.15) is 12.5 Å². The zero-order chi connectivity index (χ0) is 12.3. The van der Waals surface area contributed by atoms with Crippen LogP contribution in [-0.4, -0.2) is 32.4 Å². The highest BCUT2D eigenvalue weighted by Crippen LogP contribution is 2.30. The second-order valence-electron chi connectivity index (χ2n) is 4.50. The molecule has 1 aliphatic heterocycles. The molecule has 17 heavy (non-hydrogen) atoms. The third kappa shape index (κ3) is 3.33. The molecule has 1 aromatic carbocycles. The number of anilines is 1. The number of rotatable bonds is 6. The van der Waals surface area contributed by atoms with Gasteiger partial charge in [0.1, 0.15) is 19.0 Å². The van der Waals surface area contributed by atoms with Crippen LogP contribution in [0.25, 0.3) is 0 Å². The van der Waals surface area contributed by atoms with Crippen LogP contribution >= 0.6 is 0 Å². The summed E-state index contributed by atoms with van der Waals surface area (Å²) < 4.78 is 17.4. The molecule has 1 atom stereocenters. The van der Waals surface area contributed by atoms with E-state index in [2.05, 4.69) is 4.90 Å². The summed E-state index contributed by atoms with van der Waals surface area (Å²) in [6.45, 7) is 3.85. The van der Waals surface area contributed by atoms with Gasteiger partial charge in [-0.1, -0.05) is 0 Å². The molecule has 0 bridgehead atoms. The zero-order valence-corrected chi connectivity index (χ0v) is 10.2. The van der Waals surface area contributed by atoms with Gasteiger partial charge in [0, 0.05) is 24.8 Å². The Labute approximate surface area is 101 Å². The Balaban J connectivity index is 2.16. The van der Waals surface area contributed by atoms with Gasteiger partial charge >= 0.3 is 0 Å². The number of nitrogens with two attached hydrogens (primary N) is 1. The Kier molecular flexibility index (Phi) is 3.84. The van der Waals surface area contributed by atoms with Gasteiger partial charge in [0.05, 0.1) is 0 Å². The largest absolute Gasteiger partial charge is 0.491 e. The van der Waals surface area contributed by atoms with E-state index in [1.807, 2.05) is 25.1 Å². The molecule has 4 heteroatoms. The molecule has 2 N–H and O–H groups in total. The van der Waals surface area contributed by atoms with Gasteiger partial charge in [-0.05, 0) is 37.1 Å². The van der Waals surface area contributed by atoms with E-state index in [0.29, 0.717) is 0 Å². The topological polar surface area (TPSA) is 38.3 Å². The lowest BCUT2D eigenvalue weighted by atomic mass is 10.0. The van der Waals surface area contributed by atoms with Crippen molar-refractivity contribution in [1.29, 1.82) is 0 Å². The third-order valence-electron chi connectivity index (χ3n) is 2.73. The van der Waals surface area contributed by atoms with Gasteiger partial charge in [0.25, 0.3) is 0 Å². The van der Waals surface area contributed by atoms with Gasteiger partial charge in [0.15, 0.2) is 0 Å². The van der Waals surface area contributed by atoms with Crippen LogP contribution in [-0.2, 0) is 6.42 Å². The van der Waals surface area contributed by atoms with Gasteiger partial charge in [-0.2, -0.15) is 0 Å². The maximum Gasteiger partial charge on any atom is 0.123 e. The molecule has 0 radical (unpaired) electrons. The van der Waals surface area contributed by atoms with E-state index in [9.17, 15) is 4.39 Å². The summed E-state index contributed by atoms with van der Waals surface area (Å²) in [6, 6.07) is 6.03. The van der Waals surface area contributed by atoms with E-state index in [-0.39, 0.29) is 12.6 Å². The summed E-state index contributed by atoms with van der Waals surface area (Å²) >= 11 is 0. The number of hydrogen-bond acceptors (Lipinski definition) is 3. The Hall–Kier alpha value is -1.29. The van der Waals surface area contributed by atoms with E-state index in [1.165, 1.54) is 11.3 Å². The van der Waals surface area contributed by atoms with Gasteiger partial charge in [-0.25, -0.2) is 4.39 Å². The van der Waals surface area contributed by atoms with Crippen LogP contribution in [0.4, 0.5) is 10.1 Å². The second kappa shape index (κ2) is 5.36. The molecule has 0 spiro atoms. The first kappa shape index (κ1) is 12.2. The minimum atomic E-state index is -0.462. The lowest BCUT2D eigenvalue weighted by molar-refractivity contribution is 0.273. The SMILES string of the molecule is CC(N)Cc1cc(OCCF)ccc1N1CC1. The lowest BCUT2D eigenvalue weighted by Crippen LogP contribution is -2.18. The van der Waals surface area contributed by atoms with Crippen LogP contribution in [0.3, 0.4) is 0 Å². The number of halogens is 1. The highest BCUT2D eigenvalue weighted by Gasteiger charge is 2.21. The maximum atomic E-state index is 12.1. The zero-order valence-electron chi connectivity index (χ0n) is 10.2. The van der Waals surface area contributed by atoms with E-state index < -0.39 is 6.67 Å². The van der Waals surface area contributed by atoms with Crippen LogP contribution in [0.15, 0.2) is 18.2 Å². The first-order valence-corrected chi connectivity index (χ1v) is 6.03. The second-order valence-corrected chi connectivity index (χ2v) is 4.50. The minimum Gasteiger partial charge on any atom is -0.491 e. The standard InChI is InChI=1S/C13H19FN2O/c1-10(15)8-11-9-12(17-7-4-14)2-3-13(11)16-5-6-16/h2-3,9-10H,4-8,15H2,1H3. The monoisotopic (exact) mass is 238 g/mol. The Bertz CT molecular complexity index is 378. The summed E-state index contributed by atoms with van der Waals surface area (Å²) in [4.78, 5) is 2.29. The van der Waals surface area contributed by atoms with Crippen molar-refractivity contribution < 1.29 is 9.13 Å². The van der Waals surface area contributed by atoms with Crippen molar-refractivity contribution >= 4 is 5.69 Å². The normalized spacial score (nSPS) is 15.8. The van der Waals surface area contributed by atoms with Crippen molar-refractivity contribution in [3.63, 3.8) is 0 Å². The number of hydrogen-bond donors (Lipinski definition) is 1. The van der Waals surface area contributed by atoms with Gasteiger partial charge < -0.3 is 15.4 Å². The minimum absolute atomic E-state index is 0.112. The molecule has 1 fully saturated rings. The van der Waals surface area contributed by atoms with Crippen molar-refractivity contribution in [3.8, 4) is 5.75 Å². The van der Waals surface area contributed by atoms with Crippen molar-refractivity contribution in [1.82, 2.24) is 0 Å². The predicted octanol–water partition coefficient (Wildman–Crippen LogP) is 1.74. The van der Waals surface area contributed by atoms with Crippen molar-refractivity contribution in [2.45, 2.75) is 19.4 Å².